The lowest BCUT2D eigenvalue weighted by atomic mass is 10.0. The van der Waals surface area contributed by atoms with Crippen molar-refractivity contribution in [2.45, 2.75) is 37.5 Å². The van der Waals surface area contributed by atoms with Gasteiger partial charge in [-0.15, -0.1) is 12.3 Å². The van der Waals surface area contributed by atoms with Crippen molar-refractivity contribution in [3.8, 4) is 12.3 Å². The van der Waals surface area contributed by atoms with Gasteiger partial charge in [0, 0.05) is 45.5 Å². The lowest BCUT2D eigenvalue weighted by molar-refractivity contribution is -0.139. The van der Waals surface area contributed by atoms with E-state index in [-0.39, 0.29) is 12.0 Å². The van der Waals surface area contributed by atoms with Crippen LogP contribution in [0, 0.1) is 12.3 Å². The first-order valence-corrected chi connectivity index (χ1v) is 7.88. The molecule has 1 saturated heterocycles. The number of carbonyl (C=O) groups excluding carboxylic acids is 1. The van der Waals surface area contributed by atoms with Gasteiger partial charge in [0.15, 0.2) is 5.66 Å². The Balaban J connectivity index is 1.52. The largest absolute Gasteiger partial charge is 0.368 e. The summed E-state index contributed by atoms with van der Waals surface area (Å²) in [5.74, 6) is 2.72. The molecule has 1 aromatic rings. The summed E-state index contributed by atoms with van der Waals surface area (Å²) in [6.45, 7) is 1.72. The van der Waals surface area contributed by atoms with Crippen LogP contribution in [0.4, 0.5) is 0 Å². The van der Waals surface area contributed by atoms with Crippen LogP contribution in [0.2, 0.25) is 0 Å². The Morgan fingerprint density at radius 2 is 2.35 bits per heavy atom. The number of terminal acetylenes is 1. The molecule has 1 unspecified atom stereocenters. The van der Waals surface area contributed by atoms with E-state index >= 15 is 0 Å². The lowest BCUT2D eigenvalue weighted by Crippen LogP contribution is -2.42. The monoisotopic (exact) mass is 315 g/mol. The minimum Gasteiger partial charge on any atom is -0.368 e. The quantitative estimate of drug-likeness (QED) is 0.750. The van der Waals surface area contributed by atoms with Gasteiger partial charge in [0.25, 0.3) is 0 Å². The van der Waals surface area contributed by atoms with Crippen LogP contribution in [0.1, 0.15) is 37.5 Å². The average molecular weight is 315 g/mol. The molecule has 1 atom stereocenters. The molecule has 23 heavy (non-hydrogen) atoms. The maximum atomic E-state index is 12.5. The smallest absolute Gasteiger partial charge is 0.222 e. The predicted molar refractivity (Wildman–Crippen MR) is 83.4 cm³/mol. The highest BCUT2D eigenvalue weighted by Gasteiger charge is 2.40. The first kappa shape index (κ1) is 15.7. The lowest BCUT2D eigenvalue weighted by Gasteiger charge is -2.33. The second-order valence-electron chi connectivity index (χ2n) is 5.97. The number of rotatable bonds is 6. The van der Waals surface area contributed by atoms with Crippen molar-refractivity contribution in [1.29, 1.82) is 0 Å². The van der Waals surface area contributed by atoms with Gasteiger partial charge in [0.1, 0.15) is 6.10 Å². The predicted octanol–water partition coefficient (Wildman–Crippen LogP) is 1.68. The summed E-state index contributed by atoms with van der Waals surface area (Å²) in [5, 5.41) is 12.3. The molecule has 0 aromatic carbocycles. The zero-order chi connectivity index (χ0) is 16.3. The molecule has 0 radical (unpaired) electrons. The number of carbonyl (C=O) groups is 1. The molecule has 1 aromatic heterocycles. The molecule has 122 valence electrons. The van der Waals surface area contributed by atoms with Crippen LogP contribution >= 0.6 is 0 Å². The highest BCUT2D eigenvalue weighted by atomic mass is 16.5. The Labute approximate surface area is 135 Å². The van der Waals surface area contributed by atoms with Crippen molar-refractivity contribution < 1.29 is 9.53 Å². The molecule has 1 fully saturated rings. The molecular weight excluding hydrogens is 294 g/mol. The maximum Gasteiger partial charge on any atom is 0.222 e. The summed E-state index contributed by atoms with van der Waals surface area (Å²) in [6.07, 6.45) is 9.36. The van der Waals surface area contributed by atoms with Crippen molar-refractivity contribution in [1.82, 2.24) is 14.7 Å². The summed E-state index contributed by atoms with van der Waals surface area (Å²) in [6, 6.07) is 1.93. The number of nitrogens with zero attached hydrogens (tertiary/aromatic N) is 5. The third-order valence-corrected chi connectivity index (χ3v) is 4.40. The van der Waals surface area contributed by atoms with E-state index in [2.05, 4.69) is 21.2 Å². The number of aryl methyl sites for hydroxylation is 1. The number of morpholine rings is 1. The Bertz CT molecular complexity index is 639. The molecule has 0 bridgehead atoms. The summed E-state index contributed by atoms with van der Waals surface area (Å²) in [5.41, 5.74) is 0.593. The van der Waals surface area contributed by atoms with Gasteiger partial charge >= 0.3 is 0 Å². The van der Waals surface area contributed by atoms with E-state index in [0.717, 1.165) is 12.1 Å². The summed E-state index contributed by atoms with van der Waals surface area (Å²) in [4.78, 5) is 14.3. The van der Waals surface area contributed by atoms with E-state index in [9.17, 15) is 4.79 Å². The van der Waals surface area contributed by atoms with Crippen LogP contribution in [-0.2, 0) is 16.6 Å². The Kier molecular flexibility index (Phi) is 4.44. The van der Waals surface area contributed by atoms with Crippen molar-refractivity contribution in [2.75, 3.05) is 19.7 Å². The number of hydrogen-bond acceptors (Lipinski definition) is 5. The fourth-order valence-corrected chi connectivity index (χ4v) is 2.89. The Morgan fingerprint density at radius 1 is 1.52 bits per heavy atom. The fraction of sp³-hybridized carbons (Fsp3) is 0.625. The van der Waals surface area contributed by atoms with Crippen molar-refractivity contribution >= 4 is 5.91 Å². The maximum absolute atomic E-state index is 12.5. The topological polar surface area (TPSA) is 72.1 Å². The molecule has 0 aliphatic carbocycles. The molecule has 2 aliphatic rings. The van der Waals surface area contributed by atoms with Crippen LogP contribution in [-0.4, -0.2) is 45.9 Å². The van der Waals surface area contributed by atoms with Gasteiger partial charge in [-0.3, -0.25) is 9.48 Å². The van der Waals surface area contributed by atoms with Crippen molar-refractivity contribution in [2.24, 2.45) is 17.3 Å². The minimum atomic E-state index is -0.393. The zero-order valence-electron chi connectivity index (χ0n) is 13.3. The molecule has 0 saturated carbocycles. The summed E-state index contributed by atoms with van der Waals surface area (Å²) >= 11 is 0. The first-order valence-electron chi connectivity index (χ1n) is 7.88. The molecule has 2 aliphatic heterocycles. The summed E-state index contributed by atoms with van der Waals surface area (Å²) in [7, 11) is 1.88. The van der Waals surface area contributed by atoms with E-state index in [4.69, 9.17) is 11.2 Å². The SMILES string of the molecule is C#CCCC1(CCC(=O)N2CCOC(c3ccnn3C)C2)N=N1. The highest BCUT2D eigenvalue weighted by Crippen LogP contribution is 2.37. The normalized spacial score (nSPS) is 21.9. The fourth-order valence-electron chi connectivity index (χ4n) is 2.89. The van der Waals surface area contributed by atoms with Gasteiger partial charge < -0.3 is 9.64 Å². The van der Waals surface area contributed by atoms with Gasteiger partial charge in [-0.25, -0.2) is 0 Å². The minimum absolute atomic E-state index is 0.120. The molecule has 7 nitrogen and oxygen atoms in total. The zero-order valence-corrected chi connectivity index (χ0v) is 13.3. The number of hydrogen-bond donors (Lipinski definition) is 0. The second-order valence-corrected chi connectivity index (χ2v) is 5.97. The Morgan fingerprint density at radius 3 is 3.00 bits per heavy atom. The van der Waals surface area contributed by atoms with Crippen LogP contribution in [0.15, 0.2) is 22.5 Å². The second kappa shape index (κ2) is 6.50. The van der Waals surface area contributed by atoms with E-state index in [1.54, 1.807) is 10.9 Å². The molecule has 3 heterocycles. The van der Waals surface area contributed by atoms with Gasteiger partial charge in [-0.05, 0) is 6.07 Å². The average Bonchev–Trinajstić information content (AvgIpc) is 3.22. The van der Waals surface area contributed by atoms with Gasteiger partial charge in [-0.1, -0.05) is 0 Å². The van der Waals surface area contributed by atoms with E-state index in [1.807, 2.05) is 18.0 Å². The Hall–Kier alpha value is -2.20. The molecule has 1 amide bonds. The van der Waals surface area contributed by atoms with Crippen LogP contribution in [0.3, 0.4) is 0 Å². The highest BCUT2D eigenvalue weighted by molar-refractivity contribution is 5.76. The van der Waals surface area contributed by atoms with Crippen LogP contribution in [0.5, 0.6) is 0 Å². The van der Waals surface area contributed by atoms with E-state index in [1.165, 1.54) is 0 Å². The van der Waals surface area contributed by atoms with Crippen LogP contribution in [0.25, 0.3) is 0 Å². The third-order valence-electron chi connectivity index (χ3n) is 4.40. The van der Waals surface area contributed by atoms with Gasteiger partial charge in [-0.2, -0.15) is 15.3 Å². The molecule has 0 spiro atoms. The van der Waals surface area contributed by atoms with Crippen molar-refractivity contribution in [3.05, 3.63) is 18.0 Å². The molecule has 3 rings (SSSR count). The van der Waals surface area contributed by atoms with Gasteiger partial charge in [0.05, 0.1) is 18.8 Å². The molecule has 7 heteroatoms. The number of ether oxygens (including phenoxy) is 1. The molecule has 0 N–H and O–H groups in total. The molecular formula is C16H21N5O2. The number of amides is 1. The van der Waals surface area contributed by atoms with Gasteiger partial charge in [0.2, 0.25) is 5.91 Å². The van der Waals surface area contributed by atoms with Crippen molar-refractivity contribution in [3.63, 3.8) is 0 Å². The number of aromatic nitrogens is 2. The summed E-state index contributed by atoms with van der Waals surface area (Å²) < 4.78 is 7.57. The van der Waals surface area contributed by atoms with E-state index in [0.29, 0.717) is 39.0 Å². The third kappa shape index (κ3) is 3.59. The standard InChI is InChI=1S/C16H21N5O2/c1-3-4-7-16(18-19-16)8-5-15(22)21-10-11-23-14(12-21)13-6-9-17-20(13)2/h1,6,9,14H,4-5,7-8,10-12H2,2H3. The van der Waals surface area contributed by atoms with E-state index < -0.39 is 5.66 Å². The first-order chi connectivity index (χ1) is 11.1. The van der Waals surface area contributed by atoms with Crippen LogP contribution < -0.4 is 0 Å².